The predicted octanol–water partition coefficient (Wildman–Crippen LogP) is 7.56. The van der Waals surface area contributed by atoms with Crippen molar-refractivity contribution in [3.8, 4) is 0 Å². The van der Waals surface area contributed by atoms with Crippen LogP contribution >= 0.6 is 22.6 Å². The monoisotopic (exact) mass is 510 g/mol. The quantitative estimate of drug-likeness (QED) is 0.203. The third kappa shape index (κ3) is 2.72. The molecule has 5 aliphatic rings. The summed E-state index contributed by atoms with van der Waals surface area (Å²) in [5.41, 5.74) is 3.28. The largest absolute Gasteiger partial charge is 0.393 e. The van der Waals surface area contributed by atoms with Crippen molar-refractivity contribution in [2.45, 2.75) is 108 Å². The molecule has 1 nitrogen and oxygen atoms in total. The minimum absolute atomic E-state index is 0.0659. The van der Waals surface area contributed by atoms with E-state index in [-0.39, 0.29) is 6.10 Å². The summed E-state index contributed by atoms with van der Waals surface area (Å²) < 4.78 is 0.396. The summed E-state index contributed by atoms with van der Waals surface area (Å²) in [6, 6.07) is 0. The fourth-order valence-corrected chi connectivity index (χ4v) is 11.5. The highest BCUT2D eigenvalue weighted by Crippen LogP contribution is 2.72. The third-order valence-electron chi connectivity index (χ3n) is 11.6. The molecule has 0 spiro atoms. The van der Waals surface area contributed by atoms with Crippen LogP contribution in [0, 0.1) is 45.8 Å². The summed E-state index contributed by atoms with van der Waals surface area (Å²) in [6.07, 6.45) is 16.1. The minimum Gasteiger partial charge on any atom is -0.393 e. The average Bonchev–Trinajstić information content (AvgIpc) is 2.66. The molecule has 0 amide bonds. The SMILES string of the molecule is CC1CCC2(C)CCC3C(=CCC4C3(C)CCC3C(C)C(O)CCC34C)C2(I)C1. The Morgan fingerprint density at radius 3 is 2.38 bits per heavy atom. The van der Waals surface area contributed by atoms with Crippen LogP contribution in [0.4, 0.5) is 0 Å². The number of aliphatic hydroxyl groups is 1. The van der Waals surface area contributed by atoms with E-state index in [1.807, 2.05) is 5.57 Å². The van der Waals surface area contributed by atoms with Gasteiger partial charge in [-0.25, -0.2) is 0 Å². The van der Waals surface area contributed by atoms with Crippen LogP contribution in [0.25, 0.3) is 0 Å². The smallest absolute Gasteiger partial charge is 0.0568 e. The van der Waals surface area contributed by atoms with Gasteiger partial charge in [-0.1, -0.05) is 75.3 Å². The van der Waals surface area contributed by atoms with Crippen LogP contribution in [0.15, 0.2) is 11.6 Å². The zero-order chi connectivity index (χ0) is 20.8. The molecule has 5 rings (SSSR count). The van der Waals surface area contributed by atoms with Crippen LogP contribution < -0.4 is 0 Å². The van der Waals surface area contributed by atoms with Gasteiger partial charge >= 0.3 is 0 Å². The van der Waals surface area contributed by atoms with Crippen molar-refractivity contribution in [2.75, 3.05) is 0 Å². The Kier molecular flexibility index (Phi) is 4.93. The van der Waals surface area contributed by atoms with Gasteiger partial charge in [-0.15, -0.1) is 0 Å². The number of alkyl halides is 1. The molecule has 0 aromatic rings. The Morgan fingerprint density at radius 2 is 1.62 bits per heavy atom. The molecule has 10 atom stereocenters. The Balaban J connectivity index is 1.55. The molecule has 10 unspecified atom stereocenters. The normalized spacial score (nSPS) is 59.6. The lowest BCUT2D eigenvalue weighted by Crippen LogP contribution is -2.61. The molecule has 1 N–H and O–H groups in total. The predicted molar refractivity (Wildman–Crippen MR) is 130 cm³/mol. The van der Waals surface area contributed by atoms with Gasteiger partial charge in [0.1, 0.15) is 0 Å². The number of allylic oxidation sites excluding steroid dienone is 2. The van der Waals surface area contributed by atoms with E-state index in [1.54, 1.807) is 0 Å². The lowest BCUT2D eigenvalue weighted by Gasteiger charge is -2.68. The molecular formula is C27H43IO. The molecule has 2 heteroatoms. The van der Waals surface area contributed by atoms with E-state index in [4.69, 9.17) is 0 Å². The standard InChI is InChI=1S/C27H43IO/c1-17-8-12-24(3)13-9-20-21(27(24,28)16-17)6-7-23-25(4)15-11-22(29)18(2)19(25)10-14-26(20,23)5/h6,17-20,22-23,29H,7-16H2,1-5H3. The van der Waals surface area contributed by atoms with Crippen molar-refractivity contribution >= 4 is 22.6 Å². The molecule has 0 bridgehead atoms. The Hall–Kier alpha value is 0.430. The number of hydrogen-bond acceptors (Lipinski definition) is 1. The summed E-state index contributed by atoms with van der Waals surface area (Å²) in [6.45, 7) is 12.8. The summed E-state index contributed by atoms with van der Waals surface area (Å²) in [5, 5.41) is 10.6. The van der Waals surface area contributed by atoms with E-state index in [1.165, 1.54) is 57.8 Å². The van der Waals surface area contributed by atoms with E-state index < -0.39 is 0 Å². The van der Waals surface area contributed by atoms with Crippen LogP contribution in [0.5, 0.6) is 0 Å². The number of fused-ring (bicyclic) bond motifs is 7. The van der Waals surface area contributed by atoms with E-state index in [9.17, 15) is 5.11 Å². The molecule has 5 aliphatic carbocycles. The van der Waals surface area contributed by atoms with Crippen molar-refractivity contribution in [3.63, 3.8) is 0 Å². The average molecular weight is 511 g/mol. The maximum absolute atomic E-state index is 10.6. The maximum atomic E-state index is 10.6. The molecule has 4 saturated carbocycles. The van der Waals surface area contributed by atoms with E-state index in [0.29, 0.717) is 25.6 Å². The zero-order valence-corrected chi connectivity index (χ0v) is 21.6. The van der Waals surface area contributed by atoms with Crippen molar-refractivity contribution in [2.24, 2.45) is 45.8 Å². The van der Waals surface area contributed by atoms with Gasteiger partial charge in [0.2, 0.25) is 0 Å². The Labute approximate surface area is 193 Å². The summed E-state index contributed by atoms with van der Waals surface area (Å²) in [4.78, 5) is 0. The molecule has 0 saturated heterocycles. The molecule has 164 valence electrons. The van der Waals surface area contributed by atoms with Crippen molar-refractivity contribution in [1.29, 1.82) is 0 Å². The number of hydrogen-bond donors (Lipinski definition) is 1. The van der Waals surface area contributed by atoms with Crippen LogP contribution in [-0.2, 0) is 0 Å². The second-order valence-electron chi connectivity index (χ2n) is 12.9. The van der Waals surface area contributed by atoms with Crippen LogP contribution in [-0.4, -0.2) is 14.6 Å². The molecule has 0 heterocycles. The topological polar surface area (TPSA) is 20.2 Å². The molecule has 0 aromatic heterocycles. The van der Waals surface area contributed by atoms with Gasteiger partial charge in [0.15, 0.2) is 0 Å². The Morgan fingerprint density at radius 1 is 0.931 bits per heavy atom. The second kappa shape index (κ2) is 6.72. The van der Waals surface area contributed by atoms with Crippen molar-refractivity contribution in [3.05, 3.63) is 11.6 Å². The lowest BCUT2D eigenvalue weighted by molar-refractivity contribution is -0.153. The molecule has 29 heavy (non-hydrogen) atoms. The fraction of sp³-hybridized carbons (Fsp3) is 0.926. The van der Waals surface area contributed by atoms with Crippen LogP contribution in [0.3, 0.4) is 0 Å². The van der Waals surface area contributed by atoms with Gasteiger partial charge in [0.05, 0.1) is 6.10 Å². The fourth-order valence-electron chi connectivity index (χ4n) is 9.66. The van der Waals surface area contributed by atoms with E-state index >= 15 is 0 Å². The van der Waals surface area contributed by atoms with Gasteiger partial charge in [-0.2, -0.15) is 0 Å². The summed E-state index contributed by atoms with van der Waals surface area (Å²) in [7, 11) is 0. The molecule has 4 fully saturated rings. The first kappa shape index (κ1) is 21.3. The first-order valence-electron chi connectivity index (χ1n) is 12.6. The third-order valence-corrected chi connectivity index (χ3v) is 14.0. The van der Waals surface area contributed by atoms with Crippen molar-refractivity contribution < 1.29 is 5.11 Å². The summed E-state index contributed by atoms with van der Waals surface area (Å²) in [5.74, 6) is 3.68. The Bertz CT molecular complexity index is 715. The molecule has 0 radical (unpaired) electrons. The van der Waals surface area contributed by atoms with Gasteiger partial charge in [0.25, 0.3) is 0 Å². The van der Waals surface area contributed by atoms with Gasteiger partial charge in [0, 0.05) is 3.42 Å². The number of halogens is 1. The van der Waals surface area contributed by atoms with Gasteiger partial charge < -0.3 is 5.11 Å². The first-order chi connectivity index (χ1) is 13.6. The van der Waals surface area contributed by atoms with Crippen LogP contribution in [0.1, 0.15) is 98.8 Å². The first-order valence-corrected chi connectivity index (χ1v) is 13.7. The number of aliphatic hydroxyl groups excluding tert-OH is 1. The van der Waals surface area contributed by atoms with Crippen LogP contribution in [0.2, 0.25) is 0 Å². The second-order valence-corrected chi connectivity index (χ2v) is 14.7. The molecular weight excluding hydrogens is 467 g/mol. The maximum Gasteiger partial charge on any atom is 0.0568 e. The lowest BCUT2D eigenvalue weighted by atomic mass is 9.39. The minimum atomic E-state index is -0.0659. The molecule has 0 aliphatic heterocycles. The van der Waals surface area contributed by atoms with Crippen molar-refractivity contribution in [1.82, 2.24) is 0 Å². The highest BCUT2D eigenvalue weighted by atomic mass is 127. The van der Waals surface area contributed by atoms with Gasteiger partial charge in [-0.05, 0) is 104 Å². The summed E-state index contributed by atoms with van der Waals surface area (Å²) >= 11 is 2.95. The number of rotatable bonds is 0. The van der Waals surface area contributed by atoms with Gasteiger partial charge in [-0.3, -0.25) is 0 Å². The highest BCUT2D eigenvalue weighted by Gasteiger charge is 2.65. The van der Waals surface area contributed by atoms with E-state index in [0.717, 1.165) is 30.1 Å². The molecule has 0 aromatic carbocycles. The highest BCUT2D eigenvalue weighted by molar-refractivity contribution is 14.1. The van der Waals surface area contributed by atoms with E-state index in [2.05, 4.69) is 63.3 Å². The zero-order valence-electron chi connectivity index (χ0n) is 19.4.